The van der Waals surface area contributed by atoms with E-state index >= 15 is 0 Å². The second kappa shape index (κ2) is 6.49. The van der Waals surface area contributed by atoms with Gasteiger partial charge in [-0.25, -0.2) is 4.98 Å². The predicted octanol–water partition coefficient (Wildman–Crippen LogP) is 5.95. The summed E-state index contributed by atoms with van der Waals surface area (Å²) in [6.07, 6.45) is 2.88. The SMILES string of the molecule is Cc1cc2cc(CN(C)C[C@H]3C[C@H]4C[C@@H]([C@@H]3C)C4(C)C)ccc2nc1Cl. The number of benzene rings is 1. The highest BCUT2D eigenvalue weighted by atomic mass is 35.5. The third kappa shape index (κ3) is 3.05. The number of rotatable bonds is 4. The highest BCUT2D eigenvalue weighted by Gasteiger charge is 2.55. The second-order valence-electron chi connectivity index (χ2n) is 9.54. The zero-order chi connectivity index (χ0) is 18.6. The van der Waals surface area contributed by atoms with Gasteiger partial charge in [0, 0.05) is 18.5 Å². The van der Waals surface area contributed by atoms with Crippen molar-refractivity contribution in [2.75, 3.05) is 13.6 Å². The van der Waals surface area contributed by atoms with Gasteiger partial charge in [0.25, 0.3) is 0 Å². The smallest absolute Gasteiger partial charge is 0.132 e. The van der Waals surface area contributed by atoms with Crippen molar-refractivity contribution >= 4 is 22.5 Å². The molecule has 140 valence electrons. The Morgan fingerprint density at radius 2 is 2.00 bits per heavy atom. The number of nitrogens with zero attached hydrogens (tertiary/aromatic N) is 2. The lowest BCUT2D eigenvalue weighted by atomic mass is 9.43. The van der Waals surface area contributed by atoms with E-state index in [-0.39, 0.29) is 0 Å². The van der Waals surface area contributed by atoms with Gasteiger partial charge in [0.05, 0.1) is 5.52 Å². The van der Waals surface area contributed by atoms with Crippen LogP contribution in [-0.4, -0.2) is 23.5 Å². The van der Waals surface area contributed by atoms with Crippen molar-refractivity contribution in [3.05, 3.63) is 40.5 Å². The van der Waals surface area contributed by atoms with E-state index < -0.39 is 0 Å². The van der Waals surface area contributed by atoms with Crippen LogP contribution in [0.15, 0.2) is 24.3 Å². The first kappa shape index (κ1) is 18.3. The molecule has 26 heavy (non-hydrogen) atoms. The van der Waals surface area contributed by atoms with Gasteiger partial charge in [0.2, 0.25) is 0 Å². The minimum absolute atomic E-state index is 0.582. The molecular weight excluding hydrogens is 340 g/mol. The number of hydrogen-bond acceptors (Lipinski definition) is 2. The van der Waals surface area contributed by atoms with E-state index in [2.05, 4.69) is 62.0 Å². The maximum atomic E-state index is 6.15. The minimum atomic E-state index is 0.582. The third-order valence-corrected chi connectivity index (χ3v) is 7.90. The molecule has 2 nitrogen and oxygen atoms in total. The highest BCUT2D eigenvalue weighted by molar-refractivity contribution is 6.30. The van der Waals surface area contributed by atoms with Crippen molar-refractivity contribution < 1.29 is 0 Å². The molecule has 2 bridgehead atoms. The summed E-state index contributed by atoms with van der Waals surface area (Å²) < 4.78 is 0. The molecule has 1 aromatic heterocycles. The van der Waals surface area contributed by atoms with Crippen molar-refractivity contribution in [2.45, 2.75) is 47.1 Å². The summed E-state index contributed by atoms with van der Waals surface area (Å²) in [6, 6.07) is 8.72. The number of aryl methyl sites for hydroxylation is 1. The Morgan fingerprint density at radius 3 is 2.69 bits per heavy atom. The number of hydrogen-bond donors (Lipinski definition) is 0. The van der Waals surface area contributed by atoms with Crippen LogP contribution in [0, 0.1) is 36.0 Å². The molecule has 0 N–H and O–H groups in total. The van der Waals surface area contributed by atoms with Gasteiger partial charge in [-0.15, -0.1) is 0 Å². The fourth-order valence-corrected chi connectivity index (χ4v) is 5.83. The Kier molecular flexibility index (Phi) is 4.56. The number of pyridine rings is 1. The van der Waals surface area contributed by atoms with Gasteiger partial charge >= 0.3 is 0 Å². The fourth-order valence-electron chi connectivity index (χ4n) is 5.68. The summed E-state index contributed by atoms with van der Waals surface area (Å²) in [5.41, 5.74) is 3.97. The van der Waals surface area contributed by atoms with Gasteiger partial charge in [0.15, 0.2) is 0 Å². The van der Waals surface area contributed by atoms with Gasteiger partial charge in [-0.1, -0.05) is 38.4 Å². The van der Waals surface area contributed by atoms with Crippen molar-refractivity contribution in [3.8, 4) is 0 Å². The molecule has 0 saturated heterocycles. The summed E-state index contributed by atoms with van der Waals surface area (Å²) in [5.74, 6) is 3.57. The molecule has 0 amide bonds. The van der Waals surface area contributed by atoms with Crippen LogP contribution in [0.3, 0.4) is 0 Å². The molecule has 0 spiro atoms. The normalized spacial score (nSPS) is 29.8. The van der Waals surface area contributed by atoms with Crippen LogP contribution in [-0.2, 0) is 6.54 Å². The second-order valence-corrected chi connectivity index (χ2v) is 9.89. The number of fused-ring (bicyclic) bond motifs is 3. The maximum Gasteiger partial charge on any atom is 0.132 e. The van der Waals surface area contributed by atoms with E-state index in [1.54, 1.807) is 0 Å². The van der Waals surface area contributed by atoms with Crippen LogP contribution in [0.4, 0.5) is 0 Å². The van der Waals surface area contributed by atoms with Crippen LogP contribution in [0.25, 0.3) is 10.9 Å². The standard InChI is InChI=1S/C23H31ClN2/c1-14-8-17-9-16(6-7-21(17)25-22(14)24)12-26(5)13-18-10-19-11-20(15(18)2)23(19,3)4/h6-9,15,18-20H,10-13H2,1-5H3/t15-,18-,19+,20+/m1/s1. The third-order valence-electron chi connectivity index (χ3n) is 7.52. The first-order valence-electron chi connectivity index (χ1n) is 10.00. The van der Waals surface area contributed by atoms with E-state index in [9.17, 15) is 0 Å². The first-order valence-corrected chi connectivity index (χ1v) is 10.4. The Bertz CT molecular complexity index is 828. The van der Waals surface area contributed by atoms with Crippen LogP contribution in [0.2, 0.25) is 5.15 Å². The topological polar surface area (TPSA) is 16.1 Å². The van der Waals surface area contributed by atoms with Crippen LogP contribution in [0.1, 0.15) is 44.7 Å². The molecule has 5 rings (SSSR count). The fraction of sp³-hybridized carbons (Fsp3) is 0.609. The average Bonchev–Trinajstić information content (AvgIpc) is 2.57. The molecule has 0 unspecified atom stereocenters. The van der Waals surface area contributed by atoms with Crippen molar-refractivity contribution in [3.63, 3.8) is 0 Å². The number of halogens is 1. The van der Waals surface area contributed by atoms with E-state index in [1.165, 1.54) is 30.3 Å². The maximum absolute atomic E-state index is 6.15. The lowest BCUT2D eigenvalue weighted by molar-refractivity contribution is -0.132. The molecule has 3 aliphatic rings. The van der Waals surface area contributed by atoms with Crippen LogP contribution >= 0.6 is 11.6 Å². The predicted molar refractivity (Wildman–Crippen MR) is 110 cm³/mol. The summed E-state index contributed by atoms with van der Waals surface area (Å²) in [7, 11) is 2.27. The lowest BCUT2D eigenvalue weighted by Gasteiger charge is -2.62. The lowest BCUT2D eigenvalue weighted by Crippen LogP contribution is -2.56. The minimum Gasteiger partial charge on any atom is -0.302 e. The summed E-state index contributed by atoms with van der Waals surface area (Å²) in [5, 5.41) is 1.79. The molecule has 3 fully saturated rings. The van der Waals surface area contributed by atoms with E-state index in [1.807, 2.05) is 6.92 Å². The molecule has 0 aliphatic heterocycles. The van der Waals surface area contributed by atoms with Crippen molar-refractivity contribution in [1.29, 1.82) is 0 Å². The quantitative estimate of drug-likeness (QED) is 0.618. The molecular formula is C23H31ClN2. The molecule has 3 heteroatoms. The molecule has 4 atom stereocenters. The van der Waals surface area contributed by atoms with Crippen molar-refractivity contribution in [1.82, 2.24) is 9.88 Å². The number of aromatic nitrogens is 1. The van der Waals surface area contributed by atoms with E-state index in [0.29, 0.717) is 10.6 Å². The Balaban J connectivity index is 1.43. The van der Waals surface area contributed by atoms with E-state index in [0.717, 1.165) is 41.3 Å². The van der Waals surface area contributed by atoms with E-state index in [4.69, 9.17) is 11.6 Å². The molecule has 2 aromatic rings. The molecule has 1 heterocycles. The van der Waals surface area contributed by atoms with Crippen LogP contribution in [0.5, 0.6) is 0 Å². The van der Waals surface area contributed by atoms with Crippen LogP contribution < -0.4 is 0 Å². The summed E-state index contributed by atoms with van der Waals surface area (Å²) in [4.78, 5) is 6.99. The average molecular weight is 371 g/mol. The van der Waals surface area contributed by atoms with Gasteiger partial charge < -0.3 is 4.90 Å². The largest absolute Gasteiger partial charge is 0.302 e. The Hall–Kier alpha value is -1.12. The Labute approximate surface area is 162 Å². The van der Waals surface area contributed by atoms with Gasteiger partial charge in [-0.3, -0.25) is 0 Å². The zero-order valence-electron chi connectivity index (χ0n) is 16.7. The zero-order valence-corrected chi connectivity index (χ0v) is 17.5. The molecule has 3 saturated carbocycles. The highest BCUT2D eigenvalue weighted by Crippen LogP contribution is 2.62. The van der Waals surface area contributed by atoms with Crippen molar-refractivity contribution in [2.24, 2.45) is 29.1 Å². The summed E-state index contributed by atoms with van der Waals surface area (Å²) >= 11 is 6.15. The monoisotopic (exact) mass is 370 g/mol. The summed E-state index contributed by atoms with van der Waals surface area (Å²) in [6.45, 7) is 11.7. The molecule has 3 aliphatic carbocycles. The Morgan fingerprint density at radius 1 is 1.23 bits per heavy atom. The van der Waals surface area contributed by atoms with Gasteiger partial charge in [-0.2, -0.15) is 0 Å². The molecule has 1 aromatic carbocycles. The first-order chi connectivity index (χ1) is 12.3. The van der Waals surface area contributed by atoms with Gasteiger partial charge in [-0.05, 0) is 85.2 Å². The van der Waals surface area contributed by atoms with Gasteiger partial charge in [0.1, 0.15) is 5.15 Å². The molecule has 0 radical (unpaired) electrons.